The number of hydrogen-bond donors (Lipinski definition) is 0. The van der Waals surface area contributed by atoms with E-state index in [0.717, 1.165) is 8.26 Å². The number of alkyl halides is 1. The Hall–Kier alpha value is 0.950. The number of halogens is 3. The maximum atomic E-state index is 6.65. The Kier molecular flexibility index (Phi) is 4.11. The standard InChI is InChI=1S/C12H15Br2ClS/c1-12(2)5-3-4-7(12)10(15)9-6-8(13)11(14)16-9/h6-7,10H,3-5H2,1-2H3. The Balaban J connectivity index is 2.22. The highest BCUT2D eigenvalue weighted by molar-refractivity contribution is 9.13. The first-order valence-electron chi connectivity index (χ1n) is 5.50. The molecule has 2 atom stereocenters. The van der Waals surface area contributed by atoms with Crippen molar-refractivity contribution in [3.05, 3.63) is 19.2 Å². The third-order valence-electron chi connectivity index (χ3n) is 3.63. The summed E-state index contributed by atoms with van der Waals surface area (Å²) in [5.41, 5.74) is 0.384. The minimum atomic E-state index is 0.157. The van der Waals surface area contributed by atoms with E-state index in [1.54, 1.807) is 11.3 Å². The van der Waals surface area contributed by atoms with Crippen molar-refractivity contribution in [1.82, 2.24) is 0 Å². The van der Waals surface area contributed by atoms with Gasteiger partial charge in [0.05, 0.1) is 9.16 Å². The Labute approximate surface area is 123 Å². The molecule has 4 heteroatoms. The molecule has 1 saturated carbocycles. The second-order valence-corrected chi connectivity index (χ2v) is 8.89. The van der Waals surface area contributed by atoms with Crippen molar-refractivity contribution in [3.8, 4) is 0 Å². The average molecular weight is 387 g/mol. The molecular weight excluding hydrogens is 371 g/mol. The number of hydrogen-bond acceptors (Lipinski definition) is 1. The molecule has 1 heterocycles. The summed E-state index contributed by atoms with van der Waals surface area (Å²) < 4.78 is 2.26. The van der Waals surface area contributed by atoms with Crippen LogP contribution in [-0.4, -0.2) is 0 Å². The molecule has 1 fully saturated rings. The third kappa shape index (κ3) is 2.52. The molecule has 0 N–H and O–H groups in total. The van der Waals surface area contributed by atoms with E-state index in [2.05, 4.69) is 51.8 Å². The second-order valence-electron chi connectivity index (χ2n) is 5.16. The summed E-state index contributed by atoms with van der Waals surface area (Å²) in [6.45, 7) is 4.69. The molecule has 0 saturated heterocycles. The topological polar surface area (TPSA) is 0 Å². The van der Waals surface area contributed by atoms with Gasteiger partial charge in [0.25, 0.3) is 0 Å². The van der Waals surface area contributed by atoms with Crippen molar-refractivity contribution in [2.24, 2.45) is 11.3 Å². The fraction of sp³-hybridized carbons (Fsp3) is 0.667. The van der Waals surface area contributed by atoms with Crippen LogP contribution >= 0.6 is 54.8 Å². The maximum absolute atomic E-state index is 6.65. The van der Waals surface area contributed by atoms with E-state index in [1.165, 1.54) is 24.1 Å². The first-order chi connectivity index (χ1) is 7.42. The van der Waals surface area contributed by atoms with E-state index in [4.69, 9.17) is 11.6 Å². The lowest BCUT2D eigenvalue weighted by Crippen LogP contribution is -2.21. The fourth-order valence-electron chi connectivity index (χ4n) is 2.59. The van der Waals surface area contributed by atoms with Gasteiger partial charge in [0, 0.05) is 9.35 Å². The van der Waals surface area contributed by atoms with Gasteiger partial charge in [-0.15, -0.1) is 22.9 Å². The van der Waals surface area contributed by atoms with Gasteiger partial charge < -0.3 is 0 Å². The van der Waals surface area contributed by atoms with Crippen LogP contribution in [0.4, 0.5) is 0 Å². The highest BCUT2D eigenvalue weighted by Crippen LogP contribution is 2.53. The molecular formula is C12H15Br2ClS. The smallest absolute Gasteiger partial charge is 0.0843 e. The van der Waals surface area contributed by atoms with Crippen LogP contribution in [-0.2, 0) is 0 Å². The summed E-state index contributed by atoms with van der Waals surface area (Å²) >= 11 is 15.5. The minimum absolute atomic E-state index is 0.157. The van der Waals surface area contributed by atoms with Crippen molar-refractivity contribution in [1.29, 1.82) is 0 Å². The molecule has 0 radical (unpaired) electrons. The monoisotopic (exact) mass is 384 g/mol. The first-order valence-corrected chi connectivity index (χ1v) is 8.34. The van der Waals surface area contributed by atoms with Crippen molar-refractivity contribution < 1.29 is 0 Å². The van der Waals surface area contributed by atoms with Crippen molar-refractivity contribution in [2.75, 3.05) is 0 Å². The number of rotatable bonds is 2. The van der Waals surface area contributed by atoms with Gasteiger partial charge in [0.15, 0.2) is 0 Å². The zero-order valence-electron chi connectivity index (χ0n) is 9.40. The van der Waals surface area contributed by atoms with Gasteiger partial charge in [0.1, 0.15) is 0 Å². The van der Waals surface area contributed by atoms with E-state index in [9.17, 15) is 0 Å². The quantitative estimate of drug-likeness (QED) is 0.517. The Morgan fingerprint density at radius 3 is 2.62 bits per heavy atom. The molecule has 1 aliphatic rings. The van der Waals surface area contributed by atoms with E-state index in [-0.39, 0.29) is 5.38 Å². The van der Waals surface area contributed by atoms with Gasteiger partial charge in [-0.25, -0.2) is 0 Å². The molecule has 0 amide bonds. The lowest BCUT2D eigenvalue weighted by atomic mass is 9.79. The van der Waals surface area contributed by atoms with Gasteiger partial charge in [-0.05, 0) is 62.1 Å². The van der Waals surface area contributed by atoms with Crippen LogP contribution in [0.2, 0.25) is 0 Å². The van der Waals surface area contributed by atoms with Gasteiger partial charge in [-0.2, -0.15) is 0 Å². The summed E-state index contributed by atoms with van der Waals surface area (Å²) in [6.07, 6.45) is 3.87. The summed E-state index contributed by atoms with van der Waals surface area (Å²) in [5.74, 6) is 0.603. The zero-order valence-corrected chi connectivity index (χ0v) is 14.1. The third-order valence-corrected chi connectivity index (χ3v) is 7.64. The lowest BCUT2D eigenvalue weighted by Gasteiger charge is -2.30. The van der Waals surface area contributed by atoms with Gasteiger partial charge in [0.2, 0.25) is 0 Å². The molecule has 2 unspecified atom stereocenters. The lowest BCUT2D eigenvalue weighted by molar-refractivity contribution is 0.253. The Bertz CT molecular complexity index is 367. The van der Waals surface area contributed by atoms with Gasteiger partial charge in [-0.3, -0.25) is 0 Å². The van der Waals surface area contributed by atoms with Crippen LogP contribution < -0.4 is 0 Å². The highest BCUT2D eigenvalue weighted by atomic mass is 79.9. The van der Waals surface area contributed by atoms with E-state index >= 15 is 0 Å². The van der Waals surface area contributed by atoms with E-state index < -0.39 is 0 Å². The molecule has 90 valence electrons. The molecule has 0 aromatic carbocycles. The first kappa shape index (κ1) is 13.4. The average Bonchev–Trinajstić information content (AvgIpc) is 2.70. The van der Waals surface area contributed by atoms with Crippen molar-refractivity contribution in [2.45, 2.75) is 38.5 Å². The Morgan fingerprint density at radius 2 is 2.19 bits per heavy atom. The molecule has 0 aliphatic heterocycles. The molecule has 1 aromatic heterocycles. The SMILES string of the molecule is CC1(C)CCCC1C(Cl)c1cc(Br)c(Br)s1. The van der Waals surface area contributed by atoms with E-state index in [1.807, 2.05) is 0 Å². The molecule has 0 nitrogen and oxygen atoms in total. The van der Waals surface area contributed by atoms with Crippen molar-refractivity contribution in [3.63, 3.8) is 0 Å². The van der Waals surface area contributed by atoms with Crippen LogP contribution in [0.3, 0.4) is 0 Å². The molecule has 0 bridgehead atoms. The summed E-state index contributed by atoms with van der Waals surface area (Å²) in [4.78, 5) is 1.28. The van der Waals surface area contributed by atoms with Crippen LogP contribution in [0.1, 0.15) is 43.4 Å². The summed E-state index contributed by atoms with van der Waals surface area (Å²) in [6, 6.07) is 2.15. The predicted octanol–water partition coefficient (Wildman–Crippen LogP) is 6.38. The summed E-state index contributed by atoms with van der Waals surface area (Å²) in [5, 5.41) is 0.157. The highest BCUT2D eigenvalue weighted by Gasteiger charge is 2.39. The molecule has 2 rings (SSSR count). The van der Waals surface area contributed by atoms with Crippen molar-refractivity contribution >= 4 is 54.8 Å². The van der Waals surface area contributed by atoms with Crippen LogP contribution in [0, 0.1) is 11.3 Å². The van der Waals surface area contributed by atoms with Crippen LogP contribution in [0.5, 0.6) is 0 Å². The van der Waals surface area contributed by atoms with Gasteiger partial charge in [-0.1, -0.05) is 20.3 Å². The normalized spacial score (nSPS) is 25.9. The largest absolute Gasteiger partial charge is 0.130 e. The second kappa shape index (κ2) is 4.91. The van der Waals surface area contributed by atoms with Crippen LogP contribution in [0.25, 0.3) is 0 Å². The zero-order chi connectivity index (χ0) is 11.9. The van der Waals surface area contributed by atoms with Crippen LogP contribution in [0.15, 0.2) is 14.3 Å². The maximum Gasteiger partial charge on any atom is 0.0843 e. The molecule has 16 heavy (non-hydrogen) atoms. The molecule has 0 spiro atoms. The predicted molar refractivity (Wildman–Crippen MR) is 79.4 cm³/mol. The fourth-order valence-corrected chi connectivity index (χ4v) is 5.39. The Morgan fingerprint density at radius 1 is 1.50 bits per heavy atom. The minimum Gasteiger partial charge on any atom is -0.130 e. The molecule has 1 aliphatic carbocycles. The molecule has 1 aromatic rings. The number of thiophene rings is 1. The van der Waals surface area contributed by atoms with Gasteiger partial charge >= 0.3 is 0 Å². The van der Waals surface area contributed by atoms with E-state index in [0.29, 0.717) is 11.3 Å². The summed E-state index contributed by atoms with van der Waals surface area (Å²) in [7, 11) is 0.